The molecule has 208 valence electrons. The van der Waals surface area contributed by atoms with E-state index >= 15 is 0 Å². The summed E-state index contributed by atoms with van der Waals surface area (Å²) >= 11 is 0. The van der Waals surface area contributed by atoms with Crippen LogP contribution < -0.4 is 4.74 Å². The van der Waals surface area contributed by atoms with E-state index in [2.05, 4.69) is 35.0 Å². The van der Waals surface area contributed by atoms with Gasteiger partial charge in [-0.25, -0.2) is 0 Å². The minimum absolute atomic E-state index is 0.140. The lowest BCUT2D eigenvalue weighted by atomic mass is 9.78. The lowest BCUT2D eigenvalue weighted by molar-refractivity contribution is -0.0232. The number of benzene rings is 3. The Morgan fingerprint density at radius 1 is 0.632 bits per heavy atom. The van der Waals surface area contributed by atoms with Crippen LogP contribution in [0.4, 0.5) is 0 Å². The number of rotatable bonds is 12. The maximum absolute atomic E-state index is 9.45. The van der Waals surface area contributed by atoms with E-state index in [0.29, 0.717) is 0 Å². The second kappa shape index (κ2) is 15.4. The minimum Gasteiger partial charge on any atom is -0.508 e. The number of hydrogen-bond acceptors (Lipinski definition) is 10. The Bertz CT molecular complexity index is 1040. The van der Waals surface area contributed by atoms with Crippen molar-refractivity contribution >= 4 is 17.2 Å². The van der Waals surface area contributed by atoms with Gasteiger partial charge in [0, 0.05) is 5.41 Å². The summed E-state index contributed by atoms with van der Waals surface area (Å²) in [5.74, 6) is 1.94. The van der Waals surface area contributed by atoms with Gasteiger partial charge in [-0.3, -0.25) is 0 Å². The zero-order valence-corrected chi connectivity index (χ0v) is 22.9. The molecule has 0 aliphatic carbocycles. The van der Waals surface area contributed by atoms with Crippen molar-refractivity contribution < 1.29 is 48.7 Å². The molecule has 0 aliphatic heterocycles. The van der Waals surface area contributed by atoms with Crippen LogP contribution in [0.5, 0.6) is 17.2 Å². The molecule has 3 aromatic carbocycles. The summed E-state index contributed by atoms with van der Waals surface area (Å²) in [7, 11) is -5.20. The molecule has 0 saturated heterocycles. The zero-order valence-electron chi connectivity index (χ0n) is 21.1. The van der Waals surface area contributed by atoms with Gasteiger partial charge in [0.05, 0.1) is 31.8 Å². The van der Waals surface area contributed by atoms with Gasteiger partial charge in [-0.05, 0) is 47.5 Å². The molecule has 0 bridgehead atoms. The van der Waals surface area contributed by atoms with E-state index in [9.17, 15) is 5.11 Å². The highest BCUT2D eigenvalue weighted by Gasteiger charge is 2.32. The highest BCUT2D eigenvalue weighted by molar-refractivity contribution is 7.39. The quantitative estimate of drug-likeness (QED) is 0.159. The van der Waals surface area contributed by atoms with Crippen LogP contribution >= 0.6 is 17.2 Å². The van der Waals surface area contributed by atoms with Crippen LogP contribution in [0.2, 0.25) is 0 Å². The number of para-hydroxylation sites is 1. The summed E-state index contributed by atoms with van der Waals surface area (Å²) in [6.45, 7) is 2.48. The van der Waals surface area contributed by atoms with Gasteiger partial charge in [0.15, 0.2) is 0 Å². The van der Waals surface area contributed by atoms with Gasteiger partial charge in [-0.2, -0.15) is 0 Å². The third kappa shape index (κ3) is 10.2. The van der Waals surface area contributed by atoms with E-state index in [1.165, 1.54) is 5.56 Å². The van der Waals surface area contributed by atoms with Crippen LogP contribution in [-0.4, -0.2) is 61.3 Å². The van der Waals surface area contributed by atoms with Crippen molar-refractivity contribution in [1.29, 1.82) is 0 Å². The molecule has 10 nitrogen and oxygen atoms in total. The van der Waals surface area contributed by atoms with Crippen LogP contribution in [-0.2, 0) is 14.5 Å². The standard InChI is InChI=1S/C21H20O2.C5H14O8P2/c1-21(2,16-8-12-18(22)13-9-16)17-10-14-20(15-11-17)23-19-6-4-3-5-7-19;6-1-5(2-7,3-12-14(8)9)4-13-15(10)11/h3-15,22H,1-2H3;6-11H,1-4H2. The average Bonchev–Trinajstić information content (AvgIpc) is 2.91. The van der Waals surface area contributed by atoms with Gasteiger partial charge < -0.3 is 48.7 Å². The molecule has 0 aromatic heterocycles. The highest BCUT2D eigenvalue weighted by Crippen LogP contribution is 2.34. The van der Waals surface area contributed by atoms with Crippen molar-refractivity contribution in [3.8, 4) is 17.2 Å². The van der Waals surface area contributed by atoms with Crippen LogP contribution in [0.1, 0.15) is 25.0 Å². The topological polar surface area (TPSA) is 169 Å². The molecule has 0 spiro atoms. The average molecular weight is 568 g/mol. The molecule has 3 rings (SSSR count). The summed E-state index contributed by atoms with van der Waals surface area (Å²) in [6.07, 6.45) is 0. The number of aliphatic hydroxyl groups excluding tert-OH is 2. The molecule has 0 amide bonds. The van der Waals surface area contributed by atoms with Crippen LogP contribution in [0, 0.1) is 5.41 Å². The summed E-state index contributed by atoms with van der Waals surface area (Å²) < 4.78 is 14.7. The fourth-order valence-corrected chi connectivity index (χ4v) is 4.05. The van der Waals surface area contributed by atoms with E-state index in [0.717, 1.165) is 17.1 Å². The molecule has 38 heavy (non-hydrogen) atoms. The first-order chi connectivity index (χ1) is 18.0. The van der Waals surface area contributed by atoms with E-state index in [1.54, 1.807) is 12.1 Å². The van der Waals surface area contributed by atoms with Crippen molar-refractivity contribution in [3.63, 3.8) is 0 Å². The molecule has 0 fully saturated rings. The molecule has 12 heteroatoms. The Hall–Kier alpha value is -2.20. The lowest BCUT2D eigenvalue weighted by Crippen LogP contribution is -2.38. The van der Waals surface area contributed by atoms with Crippen molar-refractivity contribution in [2.24, 2.45) is 5.41 Å². The third-order valence-electron chi connectivity index (χ3n) is 5.79. The number of phenols is 1. The van der Waals surface area contributed by atoms with Crippen LogP contribution in [0.15, 0.2) is 78.9 Å². The van der Waals surface area contributed by atoms with E-state index in [4.69, 9.17) is 34.5 Å². The monoisotopic (exact) mass is 568 g/mol. The highest BCUT2D eigenvalue weighted by atomic mass is 31.2. The summed E-state index contributed by atoms with van der Waals surface area (Å²) in [5, 5.41) is 27.4. The first kappa shape index (κ1) is 32.0. The Morgan fingerprint density at radius 3 is 1.47 bits per heavy atom. The molecule has 0 aliphatic rings. The Morgan fingerprint density at radius 2 is 1.05 bits per heavy atom. The molecular weight excluding hydrogens is 534 g/mol. The summed E-state index contributed by atoms with van der Waals surface area (Å²) in [5.41, 5.74) is 0.924. The molecule has 0 unspecified atom stereocenters. The van der Waals surface area contributed by atoms with Crippen LogP contribution in [0.3, 0.4) is 0 Å². The SMILES string of the molecule is CC(C)(c1ccc(O)cc1)c1ccc(Oc2ccccc2)cc1.OCC(CO)(COP(O)O)COP(O)O. The number of phenolic OH excluding ortho intramolecular Hbond substituents is 1. The Balaban J connectivity index is 0.000000296. The van der Waals surface area contributed by atoms with Crippen molar-refractivity contribution in [3.05, 3.63) is 90.0 Å². The Kier molecular flexibility index (Phi) is 13.0. The fourth-order valence-electron chi connectivity index (χ4n) is 3.27. The van der Waals surface area contributed by atoms with Gasteiger partial charge in [0.1, 0.15) is 17.2 Å². The van der Waals surface area contributed by atoms with Crippen molar-refractivity contribution in [2.45, 2.75) is 19.3 Å². The smallest absolute Gasteiger partial charge is 0.327 e. The molecule has 0 saturated carbocycles. The first-order valence-electron chi connectivity index (χ1n) is 11.5. The molecular formula is C26H34O10P2. The van der Waals surface area contributed by atoms with E-state index in [-0.39, 0.29) is 24.4 Å². The number of ether oxygens (including phenoxy) is 1. The molecule has 0 radical (unpaired) electrons. The second-order valence-electron chi connectivity index (χ2n) is 8.98. The van der Waals surface area contributed by atoms with Gasteiger partial charge in [0.2, 0.25) is 0 Å². The number of aliphatic hydroxyl groups is 2. The van der Waals surface area contributed by atoms with Gasteiger partial charge >= 0.3 is 17.2 Å². The predicted octanol–water partition coefficient (Wildman–Crippen LogP) is 3.92. The normalized spacial score (nSPS) is 11.8. The van der Waals surface area contributed by atoms with Crippen molar-refractivity contribution in [1.82, 2.24) is 0 Å². The van der Waals surface area contributed by atoms with Crippen molar-refractivity contribution in [2.75, 3.05) is 26.4 Å². The van der Waals surface area contributed by atoms with Gasteiger partial charge in [-0.15, -0.1) is 0 Å². The summed E-state index contributed by atoms with van der Waals surface area (Å²) in [6, 6.07) is 25.3. The van der Waals surface area contributed by atoms with Gasteiger partial charge in [-0.1, -0.05) is 56.3 Å². The van der Waals surface area contributed by atoms with E-state index in [1.807, 2.05) is 54.6 Å². The lowest BCUT2D eigenvalue weighted by Gasteiger charge is -2.28. The maximum Gasteiger partial charge on any atom is 0.327 e. The third-order valence-corrected chi connectivity index (χ3v) is 6.51. The summed E-state index contributed by atoms with van der Waals surface area (Å²) in [4.78, 5) is 33.9. The largest absolute Gasteiger partial charge is 0.508 e. The molecule has 0 atom stereocenters. The zero-order chi connectivity index (χ0) is 28.2. The van der Waals surface area contributed by atoms with E-state index < -0.39 is 35.8 Å². The fraction of sp³-hybridized carbons (Fsp3) is 0.308. The minimum atomic E-state index is -2.60. The predicted molar refractivity (Wildman–Crippen MR) is 144 cm³/mol. The second-order valence-corrected chi connectivity index (χ2v) is 10.5. The first-order valence-corrected chi connectivity index (χ1v) is 13.8. The maximum atomic E-state index is 9.45. The molecule has 0 heterocycles. The van der Waals surface area contributed by atoms with Crippen LogP contribution in [0.25, 0.3) is 0 Å². The number of hydrogen-bond donors (Lipinski definition) is 7. The number of aromatic hydroxyl groups is 1. The van der Waals surface area contributed by atoms with Gasteiger partial charge in [0.25, 0.3) is 0 Å². The molecule has 7 N–H and O–H groups in total. The molecule has 3 aromatic rings. The Labute approximate surface area is 224 Å².